The van der Waals surface area contributed by atoms with Gasteiger partial charge in [0.15, 0.2) is 6.29 Å². The second-order valence-corrected chi connectivity index (χ2v) is 3.65. The Morgan fingerprint density at radius 2 is 2.00 bits per heavy atom. The van der Waals surface area contributed by atoms with Gasteiger partial charge in [-0.15, -0.1) is 0 Å². The molecular formula is C11H9F3O2. The zero-order chi connectivity index (χ0) is 11.8. The van der Waals surface area contributed by atoms with Gasteiger partial charge in [-0.1, -0.05) is 12.1 Å². The van der Waals surface area contributed by atoms with Crippen LogP contribution in [0.4, 0.5) is 13.2 Å². The summed E-state index contributed by atoms with van der Waals surface area (Å²) in [4.78, 5) is 10.6. The third-order valence-corrected chi connectivity index (χ3v) is 2.29. The highest BCUT2D eigenvalue weighted by atomic mass is 19.4. The molecule has 1 saturated carbocycles. The van der Waals surface area contributed by atoms with E-state index in [0.717, 1.165) is 18.9 Å². The van der Waals surface area contributed by atoms with Crippen molar-refractivity contribution >= 4 is 6.29 Å². The van der Waals surface area contributed by atoms with E-state index >= 15 is 0 Å². The largest absolute Gasteiger partial charge is 0.490 e. The summed E-state index contributed by atoms with van der Waals surface area (Å²) >= 11 is 0. The maximum absolute atomic E-state index is 12.7. The molecule has 1 aromatic rings. The molecule has 0 spiro atoms. The number of alkyl halides is 3. The molecule has 1 aliphatic rings. The molecule has 2 nitrogen and oxygen atoms in total. The second kappa shape index (κ2) is 3.81. The number of carbonyl (C=O) groups excluding carboxylic acids is 1. The average Bonchev–Trinajstić information content (AvgIpc) is 2.99. The lowest BCUT2D eigenvalue weighted by Crippen LogP contribution is -2.12. The Labute approximate surface area is 90.0 Å². The van der Waals surface area contributed by atoms with Crippen LogP contribution in [0, 0.1) is 0 Å². The number of hydrogen-bond donors (Lipinski definition) is 0. The number of carbonyl (C=O) groups is 1. The smallest absolute Gasteiger partial charge is 0.420 e. The Morgan fingerprint density at radius 1 is 1.31 bits per heavy atom. The zero-order valence-corrected chi connectivity index (χ0v) is 8.25. The number of hydrogen-bond acceptors (Lipinski definition) is 2. The van der Waals surface area contributed by atoms with E-state index in [0.29, 0.717) is 0 Å². The maximum atomic E-state index is 12.7. The number of halogens is 3. The fraction of sp³-hybridized carbons (Fsp3) is 0.364. The molecule has 2 rings (SSSR count). The summed E-state index contributed by atoms with van der Waals surface area (Å²) < 4.78 is 43.3. The van der Waals surface area contributed by atoms with Crippen molar-refractivity contribution in [1.29, 1.82) is 0 Å². The minimum Gasteiger partial charge on any atom is -0.490 e. The first-order chi connectivity index (χ1) is 7.52. The molecule has 1 aliphatic carbocycles. The Bertz CT molecular complexity index is 408. The summed E-state index contributed by atoms with van der Waals surface area (Å²) in [5.74, 6) is -0.250. The minimum atomic E-state index is -4.57. The van der Waals surface area contributed by atoms with Crippen molar-refractivity contribution in [2.75, 3.05) is 0 Å². The summed E-state index contributed by atoms with van der Waals surface area (Å²) in [5, 5.41) is 0. The van der Waals surface area contributed by atoms with Crippen LogP contribution in [0.25, 0.3) is 0 Å². The van der Waals surface area contributed by atoms with Crippen molar-refractivity contribution in [2.45, 2.75) is 25.1 Å². The van der Waals surface area contributed by atoms with E-state index in [9.17, 15) is 18.0 Å². The fourth-order valence-electron chi connectivity index (χ4n) is 1.41. The van der Waals surface area contributed by atoms with Crippen molar-refractivity contribution in [2.24, 2.45) is 0 Å². The lowest BCUT2D eigenvalue weighted by Gasteiger charge is -2.15. The van der Waals surface area contributed by atoms with E-state index in [-0.39, 0.29) is 23.7 Å². The molecule has 0 N–H and O–H groups in total. The summed E-state index contributed by atoms with van der Waals surface area (Å²) in [7, 11) is 0. The highest BCUT2D eigenvalue weighted by Gasteiger charge is 2.38. The number of benzene rings is 1. The van der Waals surface area contributed by atoms with Gasteiger partial charge in [0, 0.05) is 5.56 Å². The highest BCUT2D eigenvalue weighted by Crippen LogP contribution is 2.40. The van der Waals surface area contributed by atoms with Crippen LogP contribution in [0.5, 0.6) is 5.75 Å². The Kier molecular flexibility index (Phi) is 2.61. The van der Waals surface area contributed by atoms with Gasteiger partial charge in [-0.2, -0.15) is 13.2 Å². The molecule has 1 fully saturated rings. The Balaban J connectivity index is 2.44. The molecule has 5 heteroatoms. The van der Waals surface area contributed by atoms with E-state index in [4.69, 9.17) is 4.74 Å². The molecule has 0 radical (unpaired) electrons. The normalized spacial score (nSPS) is 15.9. The van der Waals surface area contributed by atoms with Gasteiger partial charge < -0.3 is 4.74 Å². The molecule has 16 heavy (non-hydrogen) atoms. The molecule has 0 atom stereocenters. The van der Waals surface area contributed by atoms with Gasteiger partial charge >= 0.3 is 6.18 Å². The van der Waals surface area contributed by atoms with E-state index in [1.54, 1.807) is 0 Å². The molecule has 0 amide bonds. The van der Waals surface area contributed by atoms with Gasteiger partial charge in [-0.25, -0.2) is 0 Å². The van der Waals surface area contributed by atoms with Gasteiger partial charge in [-0.05, 0) is 18.9 Å². The molecule has 0 aromatic heterocycles. The number of aldehydes is 1. The summed E-state index contributed by atoms with van der Waals surface area (Å²) in [6.07, 6.45) is -2.97. The van der Waals surface area contributed by atoms with Crippen LogP contribution in [0.3, 0.4) is 0 Å². The van der Waals surface area contributed by atoms with Gasteiger partial charge in [-0.3, -0.25) is 4.79 Å². The van der Waals surface area contributed by atoms with Gasteiger partial charge in [0.1, 0.15) is 11.3 Å². The first-order valence-corrected chi connectivity index (χ1v) is 4.84. The topological polar surface area (TPSA) is 26.3 Å². The Morgan fingerprint density at radius 3 is 2.50 bits per heavy atom. The third kappa shape index (κ3) is 2.18. The van der Waals surface area contributed by atoms with Gasteiger partial charge in [0.05, 0.1) is 6.10 Å². The molecule has 0 bridgehead atoms. The Hall–Kier alpha value is -1.52. The second-order valence-electron chi connectivity index (χ2n) is 3.65. The standard InChI is InChI=1S/C11H9F3O2/c12-11(13,14)10-7(6-15)2-1-3-9(10)16-8-4-5-8/h1-3,6,8H,4-5H2. The highest BCUT2D eigenvalue weighted by molar-refractivity contribution is 5.79. The quantitative estimate of drug-likeness (QED) is 0.746. The van der Waals surface area contributed by atoms with Crippen molar-refractivity contribution in [3.05, 3.63) is 29.3 Å². The van der Waals surface area contributed by atoms with Crippen molar-refractivity contribution < 1.29 is 22.7 Å². The third-order valence-electron chi connectivity index (χ3n) is 2.29. The zero-order valence-electron chi connectivity index (χ0n) is 8.25. The van der Waals surface area contributed by atoms with E-state index in [1.165, 1.54) is 12.1 Å². The van der Waals surface area contributed by atoms with Crippen molar-refractivity contribution in [3.63, 3.8) is 0 Å². The van der Waals surface area contributed by atoms with Crippen LogP contribution in [-0.2, 0) is 6.18 Å². The lowest BCUT2D eigenvalue weighted by atomic mass is 10.1. The molecule has 0 saturated heterocycles. The predicted molar refractivity (Wildman–Crippen MR) is 50.5 cm³/mol. The molecule has 0 aliphatic heterocycles. The monoisotopic (exact) mass is 230 g/mol. The van der Waals surface area contributed by atoms with Crippen LogP contribution in [0.2, 0.25) is 0 Å². The number of rotatable bonds is 3. The minimum absolute atomic E-state index is 0.136. The fourth-order valence-corrected chi connectivity index (χ4v) is 1.41. The maximum Gasteiger partial charge on any atom is 0.420 e. The SMILES string of the molecule is O=Cc1cccc(OC2CC2)c1C(F)(F)F. The number of ether oxygens (including phenoxy) is 1. The van der Waals surface area contributed by atoms with E-state index < -0.39 is 11.7 Å². The van der Waals surface area contributed by atoms with Gasteiger partial charge in [0.2, 0.25) is 0 Å². The molecule has 0 heterocycles. The van der Waals surface area contributed by atoms with Crippen LogP contribution >= 0.6 is 0 Å². The van der Waals surface area contributed by atoms with Crippen LogP contribution in [0.15, 0.2) is 18.2 Å². The molecule has 1 aromatic carbocycles. The van der Waals surface area contributed by atoms with Crippen molar-refractivity contribution in [3.8, 4) is 5.75 Å². The summed E-state index contributed by atoms with van der Waals surface area (Å²) in [6, 6.07) is 3.76. The van der Waals surface area contributed by atoms with Crippen LogP contribution < -0.4 is 4.74 Å². The van der Waals surface area contributed by atoms with E-state index in [1.807, 2.05) is 0 Å². The summed E-state index contributed by atoms with van der Waals surface area (Å²) in [5.41, 5.74) is -1.36. The van der Waals surface area contributed by atoms with E-state index in [2.05, 4.69) is 0 Å². The molecule has 0 unspecified atom stereocenters. The van der Waals surface area contributed by atoms with Crippen LogP contribution in [-0.4, -0.2) is 12.4 Å². The lowest BCUT2D eigenvalue weighted by molar-refractivity contribution is -0.139. The summed E-state index contributed by atoms with van der Waals surface area (Å²) in [6.45, 7) is 0. The average molecular weight is 230 g/mol. The molecular weight excluding hydrogens is 221 g/mol. The van der Waals surface area contributed by atoms with Gasteiger partial charge in [0.25, 0.3) is 0 Å². The predicted octanol–water partition coefficient (Wildman–Crippen LogP) is 3.06. The van der Waals surface area contributed by atoms with Crippen LogP contribution in [0.1, 0.15) is 28.8 Å². The first kappa shape index (κ1) is 11.0. The first-order valence-electron chi connectivity index (χ1n) is 4.84. The van der Waals surface area contributed by atoms with Crippen molar-refractivity contribution in [1.82, 2.24) is 0 Å². The molecule has 86 valence electrons.